The van der Waals surface area contributed by atoms with Crippen molar-refractivity contribution in [1.29, 1.82) is 0 Å². The van der Waals surface area contributed by atoms with Crippen molar-refractivity contribution in [3.63, 3.8) is 0 Å². The van der Waals surface area contributed by atoms with Gasteiger partial charge < -0.3 is 5.32 Å². The first-order chi connectivity index (χ1) is 8.13. The van der Waals surface area contributed by atoms with Crippen molar-refractivity contribution in [2.24, 2.45) is 0 Å². The second-order valence-corrected chi connectivity index (χ2v) is 4.69. The molecule has 1 N–H and O–H groups in total. The van der Waals surface area contributed by atoms with E-state index in [0.717, 1.165) is 0 Å². The van der Waals surface area contributed by atoms with Crippen LogP contribution in [0, 0.1) is 0 Å². The van der Waals surface area contributed by atoms with Gasteiger partial charge in [-0.3, -0.25) is 0 Å². The number of alkyl halides is 6. The van der Waals surface area contributed by atoms with Gasteiger partial charge >= 0.3 is 12.4 Å². The minimum Gasteiger partial charge on any atom is -0.315 e. The van der Waals surface area contributed by atoms with E-state index in [-0.39, 0.29) is 16.4 Å². The van der Waals surface area contributed by atoms with Gasteiger partial charge in [0.05, 0.1) is 9.88 Å². The van der Waals surface area contributed by atoms with Crippen LogP contribution in [0.4, 0.5) is 26.3 Å². The van der Waals surface area contributed by atoms with Crippen LogP contribution >= 0.6 is 11.3 Å². The lowest BCUT2D eigenvalue weighted by Crippen LogP contribution is -2.13. The summed E-state index contributed by atoms with van der Waals surface area (Å²) >= 11 is 0.658. The topological polar surface area (TPSA) is 24.9 Å². The molecule has 0 saturated carbocycles. The number of halogens is 6. The first-order valence-corrected chi connectivity index (χ1v) is 5.72. The second kappa shape index (κ2) is 5.43. The van der Waals surface area contributed by atoms with Crippen LogP contribution in [-0.4, -0.2) is 18.2 Å². The smallest absolute Gasteiger partial charge is 0.315 e. The van der Waals surface area contributed by atoms with Gasteiger partial charge in [0.2, 0.25) is 0 Å². The lowest BCUT2D eigenvalue weighted by atomic mass is 10.3. The van der Waals surface area contributed by atoms with Crippen LogP contribution in [0.25, 0.3) is 0 Å². The summed E-state index contributed by atoms with van der Waals surface area (Å²) in [4.78, 5) is 3.16. The highest BCUT2D eigenvalue weighted by molar-refractivity contribution is 7.11. The first kappa shape index (κ1) is 15.2. The fraction of sp³-hybridized carbons (Fsp3) is 0.667. The van der Waals surface area contributed by atoms with Crippen LogP contribution < -0.4 is 5.32 Å². The molecule has 0 aliphatic rings. The molecule has 0 aliphatic carbocycles. The maximum atomic E-state index is 12.6. The zero-order chi connectivity index (χ0) is 14.0. The third kappa shape index (κ3) is 4.45. The lowest BCUT2D eigenvalue weighted by Gasteiger charge is -2.05. The van der Waals surface area contributed by atoms with Crippen molar-refractivity contribution in [2.45, 2.75) is 31.7 Å². The van der Waals surface area contributed by atoms with E-state index in [0.29, 0.717) is 11.3 Å². The van der Waals surface area contributed by atoms with E-state index in [1.165, 1.54) is 7.05 Å². The number of hydrogen-bond acceptors (Lipinski definition) is 3. The molecule has 0 atom stereocenters. The van der Waals surface area contributed by atoms with E-state index < -0.39 is 30.9 Å². The van der Waals surface area contributed by atoms with Crippen LogP contribution in [0.15, 0.2) is 0 Å². The second-order valence-electron chi connectivity index (χ2n) is 3.52. The Hall–Kier alpha value is -0.830. The third-order valence-corrected chi connectivity index (χ3v) is 3.08. The highest BCUT2D eigenvalue weighted by Gasteiger charge is 2.37. The molecule has 1 heterocycles. The molecule has 0 saturated heterocycles. The molecule has 1 aromatic heterocycles. The van der Waals surface area contributed by atoms with E-state index in [1.807, 2.05) is 0 Å². The van der Waals surface area contributed by atoms with E-state index in [1.54, 1.807) is 0 Å². The Kier molecular flexibility index (Phi) is 4.60. The van der Waals surface area contributed by atoms with Crippen molar-refractivity contribution in [3.8, 4) is 0 Å². The Balaban J connectivity index is 2.89. The van der Waals surface area contributed by atoms with Gasteiger partial charge in [0, 0.05) is 19.4 Å². The lowest BCUT2D eigenvalue weighted by molar-refractivity contribution is -0.141. The molecule has 0 radical (unpaired) electrons. The van der Waals surface area contributed by atoms with E-state index in [4.69, 9.17) is 0 Å². The normalized spacial score (nSPS) is 13.1. The summed E-state index contributed by atoms with van der Waals surface area (Å²) in [5.41, 5.74) is -1.10. The molecule has 104 valence electrons. The van der Waals surface area contributed by atoms with Crippen molar-refractivity contribution in [2.75, 3.05) is 7.05 Å². The van der Waals surface area contributed by atoms with Crippen LogP contribution in [0.1, 0.15) is 22.0 Å². The molecule has 18 heavy (non-hydrogen) atoms. The zero-order valence-corrected chi connectivity index (χ0v) is 10.1. The SMILES string of the molecule is CNCc1sc(CCC(F)(F)F)nc1C(F)(F)F. The van der Waals surface area contributed by atoms with Crippen molar-refractivity contribution < 1.29 is 26.3 Å². The Morgan fingerprint density at radius 2 is 1.78 bits per heavy atom. The van der Waals surface area contributed by atoms with Gasteiger partial charge in [-0.1, -0.05) is 0 Å². The number of nitrogens with zero attached hydrogens (tertiary/aromatic N) is 1. The molecule has 2 nitrogen and oxygen atoms in total. The number of hydrogen-bond donors (Lipinski definition) is 1. The minimum absolute atomic E-state index is 0.0709. The number of rotatable bonds is 4. The Morgan fingerprint density at radius 1 is 1.17 bits per heavy atom. The third-order valence-electron chi connectivity index (χ3n) is 1.97. The highest BCUT2D eigenvalue weighted by Crippen LogP contribution is 2.35. The summed E-state index contributed by atoms with van der Waals surface area (Å²) in [5.74, 6) is 0. The summed E-state index contributed by atoms with van der Waals surface area (Å²) in [7, 11) is 1.45. The Labute approximate surface area is 103 Å². The van der Waals surface area contributed by atoms with Gasteiger partial charge in [-0.2, -0.15) is 26.3 Å². The summed E-state index contributed by atoms with van der Waals surface area (Å²) < 4.78 is 73.6. The molecule has 1 rings (SSSR count). The van der Waals surface area contributed by atoms with Gasteiger partial charge in [-0.05, 0) is 7.05 Å². The molecular formula is C9H10F6N2S. The molecule has 0 bridgehead atoms. The molecule has 0 amide bonds. The van der Waals surface area contributed by atoms with Gasteiger partial charge in [-0.25, -0.2) is 4.98 Å². The van der Waals surface area contributed by atoms with Gasteiger partial charge in [0.25, 0.3) is 0 Å². The number of thiazole rings is 1. The molecule has 0 fully saturated rings. The largest absolute Gasteiger partial charge is 0.434 e. The molecule has 0 aromatic carbocycles. The number of aryl methyl sites for hydroxylation is 1. The Morgan fingerprint density at radius 3 is 2.22 bits per heavy atom. The molecule has 9 heteroatoms. The van der Waals surface area contributed by atoms with Gasteiger partial charge in [0.1, 0.15) is 0 Å². The van der Waals surface area contributed by atoms with Crippen LogP contribution in [0.2, 0.25) is 0 Å². The number of aromatic nitrogens is 1. The first-order valence-electron chi connectivity index (χ1n) is 4.90. The average molecular weight is 292 g/mol. The van der Waals surface area contributed by atoms with E-state index >= 15 is 0 Å². The zero-order valence-electron chi connectivity index (χ0n) is 9.24. The molecule has 0 unspecified atom stereocenters. The summed E-state index contributed by atoms with van der Waals surface area (Å²) in [5, 5.41) is 2.38. The van der Waals surface area contributed by atoms with Crippen LogP contribution in [0.5, 0.6) is 0 Å². The predicted octanol–water partition coefficient (Wildman–Crippen LogP) is 3.38. The van der Waals surface area contributed by atoms with E-state index in [2.05, 4.69) is 10.3 Å². The van der Waals surface area contributed by atoms with Crippen molar-refractivity contribution in [1.82, 2.24) is 10.3 Å². The maximum Gasteiger partial charge on any atom is 0.434 e. The summed E-state index contributed by atoms with van der Waals surface area (Å²) in [6.07, 6.45) is -10.7. The number of nitrogens with one attached hydrogen (secondary N) is 1. The predicted molar refractivity (Wildman–Crippen MR) is 54.3 cm³/mol. The van der Waals surface area contributed by atoms with Crippen LogP contribution in [0.3, 0.4) is 0 Å². The van der Waals surface area contributed by atoms with Crippen LogP contribution in [-0.2, 0) is 19.1 Å². The monoisotopic (exact) mass is 292 g/mol. The molecule has 0 aliphatic heterocycles. The minimum atomic E-state index is -4.64. The highest BCUT2D eigenvalue weighted by atomic mass is 32.1. The fourth-order valence-corrected chi connectivity index (χ4v) is 2.36. The average Bonchev–Trinajstić information content (AvgIpc) is 2.57. The van der Waals surface area contributed by atoms with Crippen molar-refractivity contribution >= 4 is 11.3 Å². The molecule has 1 aromatic rings. The molecule has 0 spiro atoms. The Bertz CT molecular complexity index is 395. The fourth-order valence-electron chi connectivity index (χ4n) is 1.26. The van der Waals surface area contributed by atoms with Gasteiger partial charge in [-0.15, -0.1) is 11.3 Å². The summed E-state index contributed by atoms with van der Waals surface area (Å²) in [6.45, 7) is -0.0709. The quantitative estimate of drug-likeness (QED) is 0.861. The standard InChI is InChI=1S/C9H10F6N2S/c1-16-4-5-7(9(13,14)15)17-6(18-5)2-3-8(10,11)12/h16H,2-4H2,1H3. The maximum absolute atomic E-state index is 12.6. The molecular weight excluding hydrogens is 282 g/mol. The van der Waals surface area contributed by atoms with E-state index in [9.17, 15) is 26.3 Å². The summed E-state index contributed by atoms with van der Waals surface area (Å²) in [6, 6.07) is 0. The van der Waals surface area contributed by atoms with Crippen molar-refractivity contribution in [3.05, 3.63) is 15.6 Å². The van der Waals surface area contributed by atoms with Gasteiger partial charge in [0.15, 0.2) is 5.69 Å².